The molecule has 2 rings (SSSR count). The molecule has 0 atom stereocenters. The van der Waals surface area contributed by atoms with Gasteiger partial charge in [-0.2, -0.15) is 5.10 Å². The highest BCUT2D eigenvalue weighted by Gasteiger charge is 2.18. The molecule has 0 saturated carbocycles. The van der Waals surface area contributed by atoms with Gasteiger partial charge < -0.3 is 4.74 Å². The van der Waals surface area contributed by atoms with E-state index in [0.717, 1.165) is 6.42 Å². The first kappa shape index (κ1) is 17.0. The van der Waals surface area contributed by atoms with Crippen LogP contribution in [0.3, 0.4) is 0 Å². The molecule has 1 heterocycles. The van der Waals surface area contributed by atoms with Crippen molar-refractivity contribution in [2.75, 3.05) is 6.61 Å². The maximum absolute atomic E-state index is 12.9. The van der Waals surface area contributed by atoms with E-state index in [-0.39, 0.29) is 19.0 Å². The van der Waals surface area contributed by atoms with Crippen molar-refractivity contribution in [2.45, 2.75) is 32.7 Å². The maximum atomic E-state index is 12.9. The fourth-order valence-corrected chi connectivity index (χ4v) is 2.22. The van der Waals surface area contributed by atoms with Crippen LogP contribution in [-0.4, -0.2) is 21.4 Å². The summed E-state index contributed by atoms with van der Waals surface area (Å²) in [5.74, 6) is 0.476. The zero-order chi connectivity index (χ0) is 16.1. The Balaban J connectivity index is 2.03. The van der Waals surface area contributed by atoms with Crippen molar-refractivity contribution in [3.63, 3.8) is 0 Å². The van der Waals surface area contributed by atoms with Gasteiger partial charge in [0.05, 0.1) is 11.6 Å². The first-order valence-electron chi connectivity index (χ1n) is 6.81. The number of aryl methyl sites for hydroxylation is 1. The summed E-state index contributed by atoms with van der Waals surface area (Å²) < 4.78 is 32.5. The number of benzene rings is 1. The zero-order valence-electron chi connectivity index (χ0n) is 11.9. The highest BCUT2D eigenvalue weighted by molar-refractivity contribution is 6.34. The van der Waals surface area contributed by atoms with Crippen LogP contribution >= 0.6 is 23.2 Å². The smallest absolute Gasteiger partial charge is 0.297 e. The highest BCUT2D eigenvalue weighted by atomic mass is 35.5. The first-order valence-corrected chi connectivity index (χ1v) is 7.56. The lowest BCUT2D eigenvalue weighted by Crippen LogP contribution is -2.13. The van der Waals surface area contributed by atoms with E-state index >= 15 is 0 Å². The molecule has 22 heavy (non-hydrogen) atoms. The van der Waals surface area contributed by atoms with Gasteiger partial charge in [0.1, 0.15) is 12.4 Å². The second-order valence-corrected chi connectivity index (χ2v) is 5.43. The van der Waals surface area contributed by atoms with E-state index in [1.165, 1.54) is 4.68 Å². The molecule has 0 aliphatic carbocycles. The number of halogens is 4. The number of nitrogens with zero attached hydrogens (tertiary/aromatic N) is 3. The molecule has 0 amide bonds. The summed E-state index contributed by atoms with van der Waals surface area (Å²) in [4.78, 5) is 3.86. The third-order valence-electron chi connectivity index (χ3n) is 2.87. The molecule has 0 bridgehead atoms. The molecule has 0 radical (unpaired) electrons. The second kappa shape index (κ2) is 7.74. The van der Waals surface area contributed by atoms with Crippen molar-refractivity contribution in [1.29, 1.82) is 0 Å². The van der Waals surface area contributed by atoms with Gasteiger partial charge in [-0.25, -0.2) is 18.4 Å². The van der Waals surface area contributed by atoms with Crippen LogP contribution in [0.5, 0.6) is 5.75 Å². The predicted octanol–water partition coefficient (Wildman–Crippen LogP) is 4.55. The summed E-state index contributed by atoms with van der Waals surface area (Å²) in [6.07, 6.45) is -1.32. The third-order valence-corrected chi connectivity index (χ3v) is 3.41. The molecule has 0 spiro atoms. The van der Waals surface area contributed by atoms with E-state index in [9.17, 15) is 8.78 Å². The Morgan fingerprint density at radius 2 is 2.09 bits per heavy atom. The van der Waals surface area contributed by atoms with Gasteiger partial charge in [-0.1, -0.05) is 30.1 Å². The molecule has 0 unspecified atom stereocenters. The minimum Gasteiger partial charge on any atom is -0.490 e. The Morgan fingerprint density at radius 3 is 2.77 bits per heavy atom. The van der Waals surface area contributed by atoms with Gasteiger partial charge >= 0.3 is 0 Å². The summed E-state index contributed by atoms with van der Waals surface area (Å²) in [7, 11) is 0. The van der Waals surface area contributed by atoms with Crippen molar-refractivity contribution < 1.29 is 13.5 Å². The van der Waals surface area contributed by atoms with Gasteiger partial charge in [-0.3, -0.25) is 0 Å². The summed E-state index contributed by atoms with van der Waals surface area (Å²) in [5, 5.41) is 4.97. The van der Waals surface area contributed by atoms with Crippen LogP contribution in [0.4, 0.5) is 8.78 Å². The van der Waals surface area contributed by atoms with Crippen LogP contribution in [-0.2, 0) is 13.0 Å². The summed E-state index contributed by atoms with van der Waals surface area (Å²) >= 11 is 11.8. The van der Waals surface area contributed by atoms with Crippen LogP contribution in [0.25, 0.3) is 0 Å². The average Bonchev–Trinajstić information content (AvgIpc) is 2.86. The molecule has 0 saturated heterocycles. The predicted molar refractivity (Wildman–Crippen MR) is 80.9 cm³/mol. The molecule has 1 aromatic heterocycles. The Bertz CT molecular complexity index is 635. The van der Waals surface area contributed by atoms with Crippen LogP contribution in [0, 0.1) is 0 Å². The average molecular weight is 350 g/mol. The quantitative estimate of drug-likeness (QED) is 0.735. The Morgan fingerprint density at radius 1 is 1.32 bits per heavy atom. The molecule has 0 fully saturated rings. The molecule has 0 aliphatic heterocycles. The highest BCUT2D eigenvalue weighted by Crippen LogP contribution is 2.27. The fourth-order valence-electron chi connectivity index (χ4n) is 1.89. The Hall–Kier alpha value is -1.40. The van der Waals surface area contributed by atoms with Crippen LogP contribution in [0.1, 0.15) is 31.4 Å². The normalized spacial score (nSPS) is 11.2. The first-order chi connectivity index (χ1) is 10.5. The lowest BCUT2D eigenvalue weighted by Gasteiger charge is -2.09. The van der Waals surface area contributed by atoms with E-state index in [2.05, 4.69) is 10.1 Å². The molecule has 0 N–H and O–H groups in total. The molecular formula is C14H15Cl2F2N3O. The van der Waals surface area contributed by atoms with E-state index in [1.807, 2.05) is 6.92 Å². The SMILES string of the molecule is CCCc1nc(C(F)F)n(CCOc2cc(Cl)ccc2Cl)n1. The minimum absolute atomic E-state index is 0.134. The Labute approximate surface area is 137 Å². The van der Waals surface area contributed by atoms with Gasteiger partial charge in [0.25, 0.3) is 6.43 Å². The lowest BCUT2D eigenvalue weighted by molar-refractivity contribution is 0.131. The second-order valence-electron chi connectivity index (χ2n) is 4.58. The molecule has 0 aliphatic rings. The van der Waals surface area contributed by atoms with Crippen LogP contribution in [0.15, 0.2) is 18.2 Å². The monoisotopic (exact) mass is 349 g/mol. The van der Waals surface area contributed by atoms with Crippen LogP contribution in [0.2, 0.25) is 10.0 Å². The van der Waals surface area contributed by atoms with Gasteiger partial charge in [0, 0.05) is 17.5 Å². The van der Waals surface area contributed by atoms with E-state index in [4.69, 9.17) is 27.9 Å². The van der Waals surface area contributed by atoms with Gasteiger partial charge in [0.15, 0.2) is 11.6 Å². The van der Waals surface area contributed by atoms with Gasteiger partial charge in [-0.05, 0) is 18.6 Å². The van der Waals surface area contributed by atoms with Crippen molar-refractivity contribution in [3.05, 3.63) is 39.9 Å². The van der Waals surface area contributed by atoms with Crippen molar-refractivity contribution in [3.8, 4) is 5.75 Å². The minimum atomic E-state index is -2.67. The van der Waals surface area contributed by atoms with Crippen LogP contribution < -0.4 is 4.74 Å². The molecule has 2 aromatic rings. The topological polar surface area (TPSA) is 39.9 Å². The van der Waals surface area contributed by atoms with E-state index in [0.29, 0.717) is 28.0 Å². The van der Waals surface area contributed by atoms with Gasteiger partial charge in [-0.15, -0.1) is 0 Å². The largest absolute Gasteiger partial charge is 0.490 e. The maximum Gasteiger partial charge on any atom is 0.297 e. The lowest BCUT2D eigenvalue weighted by atomic mass is 10.3. The summed E-state index contributed by atoms with van der Waals surface area (Å²) in [5.41, 5.74) is 0. The number of ether oxygens (including phenoxy) is 1. The van der Waals surface area contributed by atoms with Crippen molar-refractivity contribution in [2.24, 2.45) is 0 Å². The molecule has 1 aromatic carbocycles. The number of aromatic nitrogens is 3. The number of alkyl halides is 2. The summed E-state index contributed by atoms with van der Waals surface area (Å²) in [6, 6.07) is 4.82. The number of hydrogen-bond acceptors (Lipinski definition) is 3. The number of hydrogen-bond donors (Lipinski definition) is 0. The molecule has 4 nitrogen and oxygen atoms in total. The number of rotatable bonds is 7. The Kier molecular flexibility index (Phi) is 5.97. The molecule has 8 heteroatoms. The third kappa shape index (κ3) is 4.30. The zero-order valence-corrected chi connectivity index (χ0v) is 13.4. The molecule has 120 valence electrons. The van der Waals surface area contributed by atoms with Crippen molar-refractivity contribution in [1.82, 2.24) is 14.8 Å². The van der Waals surface area contributed by atoms with Gasteiger partial charge in [0.2, 0.25) is 0 Å². The van der Waals surface area contributed by atoms with E-state index in [1.54, 1.807) is 18.2 Å². The standard InChI is InChI=1S/C14H15Cl2F2N3O/c1-2-3-12-19-14(13(17)18)21(20-12)6-7-22-11-8-9(15)4-5-10(11)16/h4-5,8,13H,2-3,6-7H2,1H3. The fraction of sp³-hybridized carbons (Fsp3) is 0.429. The van der Waals surface area contributed by atoms with E-state index < -0.39 is 6.43 Å². The summed E-state index contributed by atoms with van der Waals surface area (Å²) in [6.45, 7) is 2.22. The molecular weight excluding hydrogens is 335 g/mol. The van der Waals surface area contributed by atoms with Crippen molar-refractivity contribution >= 4 is 23.2 Å².